The number of cyclic esters (lactones) is 1. The number of methoxy groups -OCH3 is 1. The van der Waals surface area contributed by atoms with Gasteiger partial charge in [0.25, 0.3) is 0 Å². The third-order valence-electron chi connectivity index (χ3n) is 5.77. The van der Waals surface area contributed by atoms with Crippen LogP contribution in [0.2, 0.25) is 0 Å². The van der Waals surface area contributed by atoms with Crippen molar-refractivity contribution in [3.63, 3.8) is 0 Å². The van der Waals surface area contributed by atoms with Gasteiger partial charge in [0.15, 0.2) is 0 Å². The number of esters is 1. The molecule has 0 fully saturated rings. The first kappa shape index (κ1) is 31.3. The largest absolute Gasteiger partial charge is 0.507 e. The number of nitrogens with one attached hydrogen (secondary N) is 1. The van der Waals surface area contributed by atoms with E-state index in [1.807, 2.05) is 19.9 Å². The third-order valence-corrected chi connectivity index (χ3v) is 5.77. The normalized spacial score (nSPS) is 16.2. The molecule has 0 radical (unpaired) electrons. The predicted molar refractivity (Wildman–Crippen MR) is 128 cm³/mol. The molecule has 1 aliphatic heterocycles. The van der Waals surface area contributed by atoms with Crippen LogP contribution in [0.3, 0.4) is 0 Å². The highest BCUT2D eigenvalue weighted by molar-refractivity contribution is 5.98. The molecule has 0 unspecified atom stereocenters. The van der Waals surface area contributed by atoms with Crippen LogP contribution in [0, 0.1) is 6.92 Å². The highest BCUT2D eigenvalue weighted by Crippen LogP contribution is 2.42. The van der Waals surface area contributed by atoms with Gasteiger partial charge in [-0.3, -0.25) is 4.79 Å². The van der Waals surface area contributed by atoms with Gasteiger partial charge in [-0.1, -0.05) is 11.6 Å². The fraction of sp³-hybridized carbons (Fsp3) is 0.583. The molecule has 0 aliphatic carbocycles. The van der Waals surface area contributed by atoms with Crippen molar-refractivity contribution < 1.29 is 54.8 Å². The number of hydrogen-bond donors (Lipinski definition) is 8. The van der Waals surface area contributed by atoms with E-state index in [9.17, 15) is 19.8 Å². The SMILES string of the molecule is CNC[C@H](O)[C@@H](O)[C@H](O)[C@H](O)CO.COc1c(C)c2c(c(O)c1C/C=C(\C)CCC(=O)O)C(=O)OC2. The van der Waals surface area contributed by atoms with Gasteiger partial charge in [-0.25, -0.2) is 4.79 Å². The quantitative estimate of drug-likeness (QED) is 0.129. The summed E-state index contributed by atoms with van der Waals surface area (Å²) in [4.78, 5) is 22.4. The van der Waals surface area contributed by atoms with E-state index in [0.717, 1.165) is 11.1 Å². The Labute approximate surface area is 209 Å². The van der Waals surface area contributed by atoms with E-state index in [-0.39, 0.29) is 30.9 Å². The molecule has 1 aromatic carbocycles. The van der Waals surface area contributed by atoms with Gasteiger partial charge < -0.3 is 50.5 Å². The maximum absolute atomic E-state index is 11.8. The van der Waals surface area contributed by atoms with Crippen LogP contribution in [-0.2, 0) is 22.6 Å². The van der Waals surface area contributed by atoms with Crippen LogP contribution in [0.25, 0.3) is 0 Å². The van der Waals surface area contributed by atoms with Crippen LogP contribution in [0.1, 0.15) is 46.8 Å². The Morgan fingerprint density at radius 1 is 1.17 bits per heavy atom. The van der Waals surface area contributed by atoms with Crippen LogP contribution in [0.4, 0.5) is 0 Å². The number of carboxylic acid groups (broad SMARTS) is 1. The zero-order chi connectivity index (χ0) is 27.6. The molecule has 12 nitrogen and oxygen atoms in total. The van der Waals surface area contributed by atoms with Crippen LogP contribution >= 0.6 is 0 Å². The summed E-state index contributed by atoms with van der Waals surface area (Å²) in [6.45, 7) is 3.23. The fourth-order valence-electron chi connectivity index (χ4n) is 3.60. The minimum Gasteiger partial charge on any atom is -0.507 e. The monoisotopic (exact) mass is 515 g/mol. The summed E-state index contributed by atoms with van der Waals surface area (Å²) in [5.41, 5.74) is 3.04. The maximum Gasteiger partial charge on any atom is 0.342 e. The molecular formula is C24H37NO11. The number of fused-ring (bicyclic) bond motifs is 1. The van der Waals surface area contributed by atoms with Gasteiger partial charge in [0.2, 0.25) is 0 Å². The molecule has 12 heteroatoms. The Bertz CT molecular complexity index is 931. The van der Waals surface area contributed by atoms with Gasteiger partial charge in [-0.15, -0.1) is 0 Å². The summed E-state index contributed by atoms with van der Waals surface area (Å²) in [6, 6.07) is 0. The Hall–Kier alpha value is -2.74. The molecule has 1 aromatic rings. The van der Waals surface area contributed by atoms with Gasteiger partial charge in [0.05, 0.1) is 19.8 Å². The molecule has 0 bridgehead atoms. The first-order valence-electron chi connectivity index (χ1n) is 11.3. The van der Waals surface area contributed by atoms with E-state index in [0.29, 0.717) is 29.7 Å². The number of phenols is 1. The van der Waals surface area contributed by atoms with Crippen LogP contribution in [0.15, 0.2) is 11.6 Å². The Balaban J connectivity index is 0.000000426. The average molecular weight is 516 g/mol. The number of aliphatic carboxylic acids is 1. The zero-order valence-corrected chi connectivity index (χ0v) is 20.9. The van der Waals surface area contributed by atoms with Crippen molar-refractivity contribution in [3.05, 3.63) is 33.9 Å². The van der Waals surface area contributed by atoms with Crippen molar-refractivity contribution in [1.82, 2.24) is 5.32 Å². The minimum atomic E-state index is -1.55. The molecule has 36 heavy (non-hydrogen) atoms. The number of carbonyl (C=O) groups excluding carboxylic acids is 1. The maximum atomic E-state index is 11.8. The lowest BCUT2D eigenvalue weighted by molar-refractivity contribution is -0.136. The molecular weight excluding hydrogens is 478 g/mol. The number of hydrogen-bond acceptors (Lipinski definition) is 11. The second-order valence-corrected chi connectivity index (χ2v) is 8.42. The first-order valence-corrected chi connectivity index (χ1v) is 11.3. The second kappa shape index (κ2) is 14.7. The molecule has 8 N–H and O–H groups in total. The van der Waals surface area contributed by atoms with E-state index in [1.54, 1.807) is 7.05 Å². The molecule has 0 spiro atoms. The van der Waals surface area contributed by atoms with E-state index in [4.69, 9.17) is 35.0 Å². The molecule has 204 valence electrons. The number of likely N-dealkylation sites (N-methyl/N-ethyl adjacent to an activating group) is 1. The smallest absolute Gasteiger partial charge is 0.342 e. The number of ether oxygens (including phenoxy) is 2. The van der Waals surface area contributed by atoms with E-state index in [2.05, 4.69) is 5.32 Å². The molecule has 0 amide bonds. The topological polar surface area (TPSA) is 206 Å². The van der Waals surface area contributed by atoms with E-state index < -0.39 is 43.0 Å². The lowest BCUT2D eigenvalue weighted by atomic mass is 9.94. The van der Waals surface area contributed by atoms with Gasteiger partial charge in [0.1, 0.15) is 42.0 Å². The highest BCUT2D eigenvalue weighted by Gasteiger charge is 2.32. The van der Waals surface area contributed by atoms with E-state index in [1.165, 1.54) is 7.11 Å². The number of phenolic OH excluding ortho intramolecular Hbond substituents is 1. The molecule has 1 heterocycles. The van der Waals surface area contributed by atoms with Crippen molar-refractivity contribution in [3.8, 4) is 11.5 Å². The average Bonchev–Trinajstić information content (AvgIpc) is 3.24. The summed E-state index contributed by atoms with van der Waals surface area (Å²) in [6.07, 6.45) is -2.97. The summed E-state index contributed by atoms with van der Waals surface area (Å²) >= 11 is 0. The van der Waals surface area contributed by atoms with Gasteiger partial charge >= 0.3 is 11.9 Å². The summed E-state index contributed by atoms with van der Waals surface area (Å²) in [7, 11) is 3.08. The Kier molecular flexibility index (Phi) is 12.8. The summed E-state index contributed by atoms with van der Waals surface area (Å²) < 4.78 is 10.4. The number of rotatable bonds is 12. The van der Waals surface area contributed by atoms with Crippen molar-refractivity contribution >= 4 is 11.9 Å². The number of benzene rings is 1. The van der Waals surface area contributed by atoms with Gasteiger partial charge in [0, 0.05) is 24.1 Å². The third kappa shape index (κ3) is 8.15. The van der Waals surface area contributed by atoms with Crippen molar-refractivity contribution in [2.75, 3.05) is 27.3 Å². The van der Waals surface area contributed by atoms with Crippen molar-refractivity contribution in [1.29, 1.82) is 0 Å². The van der Waals surface area contributed by atoms with Crippen LogP contribution < -0.4 is 10.1 Å². The molecule has 1 aliphatic rings. The van der Waals surface area contributed by atoms with Crippen molar-refractivity contribution in [2.24, 2.45) is 0 Å². The lowest BCUT2D eigenvalue weighted by Gasteiger charge is -2.25. The molecule has 0 saturated heterocycles. The second-order valence-electron chi connectivity index (χ2n) is 8.42. The molecule has 4 atom stereocenters. The lowest BCUT2D eigenvalue weighted by Crippen LogP contribution is -2.48. The number of aliphatic hydroxyl groups is 5. The number of aromatic hydroxyl groups is 1. The summed E-state index contributed by atoms with van der Waals surface area (Å²) in [5.74, 6) is -0.973. The number of aliphatic hydroxyl groups excluding tert-OH is 5. The zero-order valence-electron chi connectivity index (χ0n) is 20.9. The predicted octanol–water partition coefficient (Wildman–Crippen LogP) is -0.625. The number of carboxylic acids is 1. The van der Waals surface area contributed by atoms with Crippen LogP contribution in [0.5, 0.6) is 11.5 Å². The highest BCUT2D eigenvalue weighted by atomic mass is 16.5. The van der Waals surface area contributed by atoms with Crippen molar-refractivity contribution in [2.45, 2.75) is 64.1 Å². The fourth-order valence-corrected chi connectivity index (χ4v) is 3.60. The van der Waals surface area contributed by atoms with Gasteiger partial charge in [-0.05, 0) is 39.3 Å². The minimum absolute atomic E-state index is 0.0565. The number of carbonyl (C=O) groups is 2. The molecule has 2 rings (SSSR count). The van der Waals surface area contributed by atoms with Crippen LogP contribution in [-0.4, -0.2) is 99.4 Å². The first-order chi connectivity index (χ1) is 16.9. The van der Waals surface area contributed by atoms with E-state index >= 15 is 0 Å². The number of allylic oxidation sites excluding steroid dienone is 2. The molecule has 0 aromatic heterocycles. The Morgan fingerprint density at radius 2 is 1.78 bits per heavy atom. The Morgan fingerprint density at radius 3 is 2.31 bits per heavy atom. The standard InChI is InChI=1S/C17H20O6.C7H17NO5/c1-9(5-7-13(18)19)4-6-11-15(20)14-12(8-23-17(14)21)10(2)16(11)22-3;1-8-2-4(10)6(12)7(13)5(11)3-9/h4,20H,5-8H2,1-3H3,(H,18,19);4-13H,2-3H2,1H3/b9-4+;/t;4-,5+,6+,7+/m.0/s1. The summed E-state index contributed by atoms with van der Waals surface area (Å²) in [5, 5.41) is 66.6. The molecule has 0 saturated carbocycles. The van der Waals surface area contributed by atoms with Gasteiger partial charge in [-0.2, -0.15) is 0 Å².